The van der Waals surface area contributed by atoms with Crippen molar-refractivity contribution in [2.24, 2.45) is 5.84 Å². The molecule has 0 atom stereocenters. The number of nitrogens with two attached hydrogens (primary N) is 1. The van der Waals surface area contributed by atoms with Crippen LogP contribution in [0.4, 0.5) is 0 Å². The van der Waals surface area contributed by atoms with Gasteiger partial charge in [-0.25, -0.2) is 5.84 Å². The summed E-state index contributed by atoms with van der Waals surface area (Å²) >= 11 is 4.80. The average Bonchev–Trinajstić information content (AvgIpc) is 1.83. The number of halogens is 1. The van der Waals surface area contributed by atoms with Gasteiger partial charge in [-0.1, -0.05) is 0 Å². The van der Waals surface area contributed by atoms with Crippen molar-refractivity contribution in [3.05, 3.63) is 0 Å². The first-order chi connectivity index (χ1) is 4.39. The van der Waals surface area contributed by atoms with E-state index in [2.05, 4.69) is 0 Å². The van der Waals surface area contributed by atoms with Gasteiger partial charge in [0.15, 0.2) is 0 Å². The summed E-state index contributed by atoms with van der Waals surface area (Å²) in [6.45, 7) is 5.87. The maximum absolute atomic E-state index is 5.57. The van der Waals surface area contributed by atoms with Crippen molar-refractivity contribution in [1.29, 1.82) is 0 Å². The molecule has 2 N–H and O–H groups in total. The zero-order chi connectivity index (χ0) is 8.36. The topological polar surface area (TPSA) is 38.5 Å². The van der Waals surface area contributed by atoms with E-state index in [-0.39, 0.29) is 29.5 Å². The van der Waals surface area contributed by atoms with Crippen LogP contribution in [0.5, 0.6) is 0 Å². The summed E-state index contributed by atoms with van der Waals surface area (Å²) in [5.41, 5.74) is -0.174. The van der Waals surface area contributed by atoms with Gasteiger partial charge in [0.2, 0.25) is 0 Å². The lowest BCUT2D eigenvalue weighted by Gasteiger charge is -2.31. The van der Waals surface area contributed by atoms with Gasteiger partial charge in [0.25, 0.3) is 5.17 Å². The number of methoxy groups -OCH3 is 1. The summed E-state index contributed by atoms with van der Waals surface area (Å²) in [6, 6.07) is 0. The lowest BCUT2D eigenvalue weighted by Crippen LogP contribution is -2.50. The van der Waals surface area contributed by atoms with Crippen LogP contribution in [0.25, 0.3) is 0 Å². The van der Waals surface area contributed by atoms with Crippen LogP contribution in [0.3, 0.4) is 0 Å². The first kappa shape index (κ1) is 13.9. The Hall–Kier alpha value is 0.380. The zero-order valence-corrected chi connectivity index (χ0v) is 10.4. The molecule has 0 aliphatic heterocycles. The molecule has 0 aromatic carbocycles. The number of thiocarbonyl (C=S) groups is 1. The first-order valence-corrected chi connectivity index (χ1v) is 3.43. The molecular weight excluding hydrogens is 275 g/mol. The molecule has 11 heavy (non-hydrogen) atoms. The summed E-state index contributed by atoms with van der Waals surface area (Å²) in [5.74, 6) is 5.57. The molecule has 0 aromatic rings. The molecule has 0 heterocycles. The van der Waals surface area contributed by atoms with Gasteiger partial charge in [0, 0.05) is 0 Å². The smallest absolute Gasteiger partial charge is 0.274 e. The highest BCUT2D eigenvalue weighted by Gasteiger charge is 2.20. The molecule has 3 nitrogen and oxygen atoms in total. The Kier molecular flexibility index (Phi) is 6.46. The highest BCUT2D eigenvalue weighted by atomic mass is 127. The molecule has 0 rings (SSSR count). The van der Waals surface area contributed by atoms with E-state index in [1.54, 1.807) is 0 Å². The summed E-state index contributed by atoms with van der Waals surface area (Å²) in [5, 5.41) is 1.73. The Labute approximate surface area is 90.2 Å². The third-order valence-corrected chi connectivity index (χ3v) is 1.46. The average molecular weight is 290 g/mol. The number of nitrogens with zero attached hydrogens (tertiary/aromatic N) is 1. The second kappa shape index (κ2) is 5.10. The van der Waals surface area contributed by atoms with E-state index >= 15 is 0 Å². The quantitative estimate of drug-likeness (QED) is 0.318. The molecule has 0 radical (unpaired) electrons. The molecule has 0 spiro atoms. The molecule has 68 valence electrons. The molecular formula is C6H15IN2OS. The lowest BCUT2D eigenvalue weighted by molar-refractivity contribution is 0.192. The normalized spacial score (nSPS) is 9.91. The van der Waals surface area contributed by atoms with Gasteiger partial charge in [-0.05, 0) is 33.0 Å². The van der Waals surface area contributed by atoms with Crippen LogP contribution >= 0.6 is 36.2 Å². The number of ether oxygens (including phenoxy) is 1. The van der Waals surface area contributed by atoms with E-state index in [9.17, 15) is 0 Å². The predicted molar refractivity (Wildman–Crippen MR) is 60.8 cm³/mol. The fourth-order valence-electron chi connectivity index (χ4n) is 0.372. The van der Waals surface area contributed by atoms with Gasteiger partial charge in [-0.3, -0.25) is 5.01 Å². The first-order valence-electron chi connectivity index (χ1n) is 3.02. The predicted octanol–water partition coefficient (Wildman–Crippen LogP) is 1.51. The molecule has 0 aliphatic rings. The Morgan fingerprint density at radius 2 is 1.82 bits per heavy atom. The van der Waals surface area contributed by atoms with Crippen LogP contribution in [0, 0.1) is 0 Å². The summed E-state index contributed by atoms with van der Waals surface area (Å²) < 4.78 is 4.77. The van der Waals surface area contributed by atoms with E-state index < -0.39 is 0 Å². The molecule has 0 aliphatic carbocycles. The fourth-order valence-corrected chi connectivity index (χ4v) is 0.646. The Bertz CT molecular complexity index is 135. The highest BCUT2D eigenvalue weighted by molar-refractivity contribution is 14.0. The molecule has 0 unspecified atom stereocenters. The van der Waals surface area contributed by atoms with E-state index in [0.717, 1.165) is 0 Å². The third-order valence-electron chi connectivity index (χ3n) is 1.09. The largest absolute Gasteiger partial charge is 0.473 e. The molecule has 0 aromatic heterocycles. The van der Waals surface area contributed by atoms with Crippen molar-refractivity contribution in [3.8, 4) is 0 Å². The van der Waals surface area contributed by atoms with Crippen LogP contribution in [-0.2, 0) is 4.74 Å². The van der Waals surface area contributed by atoms with Crippen molar-refractivity contribution in [2.75, 3.05) is 7.11 Å². The van der Waals surface area contributed by atoms with Crippen molar-refractivity contribution in [2.45, 2.75) is 26.3 Å². The number of hydrogen-bond donors (Lipinski definition) is 1. The molecule has 0 fully saturated rings. The van der Waals surface area contributed by atoms with Gasteiger partial charge >= 0.3 is 0 Å². The zero-order valence-electron chi connectivity index (χ0n) is 7.25. The van der Waals surface area contributed by atoms with E-state index in [4.69, 9.17) is 22.8 Å². The maximum Gasteiger partial charge on any atom is 0.274 e. The summed E-state index contributed by atoms with van der Waals surface area (Å²) in [7, 11) is 1.51. The molecule has 5 heteroatoms. The van der Waals surface area contributed by atoms with Gasteiger partial charge < -0.3 is 4.74 Å². The molecule has 0 bridgehead atoms. The second-order valence-corrected chi connectivity index (χ2v) is 3.36. The van der Waals surface area contributed by atoms with Crippen LogP contribution in [0.1, 0.15) is 20.8 Å². The molecule has 0 amide bonds. The van der Waals surface area contributed by atoms with Crippen molar-refractivity contribution >= 4 is 41.4 Å². The van der Waals surface area contributed by atoms with Gasteiger partial charge in [-0.15, -0.1) is 24.0 Å². The van der Waals surface area contributed by atoms with Crippen molar-refractivity contribution in [3.63, 3.8) is 0 Å². The number of rotatable bonds is 0. The number of hydrazine groups is 1. The highest BCUT2D eigenvalue weighted by Crippen LogP contribution is 2.08. The van der Waals surface area contributed by atoms with E-state index in [1.807, 2.05) is 20.8 Å². The Morgan fingerprint density at radius 1 is 1.45 bits per heavy atom. The maximum atomic E-state index is 5.57. The minimum atomic E-state index is -0.174. The summed E-state index contributed by atoms with van der Waals surface area (Å²) in [6.07, 6.45) is 0. The van der Waals surface area contributed by atoms with E-state index in [1.165, 1.54) is 12.1 Å². The second-order valence-electron chi connectivity index (χ2n) is 3.01. The van der Waals surface area contributed by atoms with Crippen LogP contribution in [-0.4, -0.2) is 22.8 Å². The molecule has 0 saturated heterocycles. The van der Waals surface area contributed by atoms with Gasteiger partial charge in [0.1, 0.15) is 0 Å². The fraction of sp³-hybridized carbons (Fsp3) is 0.833. The minimum Gasteiger partial charge on any atom is -0.473 e. The third kappa shape index (κ3) is 4.76. The SMILES string of the molecule is COC(=S)N(N)C(C)(C)C.I. The Morgan fingerprint density at radius 3 is 1.91 bits per heavy atom. The van der Waals surface area contributed by atoms with Crippen LogP contribution in [0.2, 0.25) is 0 Å². The van der Waals surface area contributed by atoms with Gasteiger partial charge in [0.05, 0.1) is 12.6 Å². The van der Waals surface area contributed by atoms with Crippen molar-refractivity contribution in [1.82, 2.24) is 5.01 Å². The monoisotopic (exact) mass is 290 g/mol. The van der Waals surface area contributed by atoms with Gasteiger partial charge in [-0.2, -0.15) is 0 Å². The van der Waals surface area contributed by atoms with Crippen molar-refractivity contribution < 1.29 is 4.74 Å². The van der Waals surface area contributed by atoms with Crippen LogP contribution in [0.15, 0.2) is 0 Å². The van der Waals surface area contributed by atoms with Crippen LogP contribution < -0.4 is 5.84 Å². The standard InChI is InChI=1S/C6H14N2OS.HI/c1-6(2,3)8(7)5(10)9-4;/h7H2,1-4H3;1H. The summed E-state index contributed by atoms with van der Waals surface area (Å²) in [4.78, 5) is 0. The lowest BCUT2D eigenvalue weighted by atomic mass is 10.1. The molecule has 0 saturated carbocycles. The number of hydrogen-bond acceptors (Lipinski definition) is 3. The Balaban J connectivity index is 0. The minimum absolute atomic E-state index is 0. The van der Waals surface area contributed by atoms with E-state index in [0.29, 0.717) is 5.17 Å².